The molecule has 1 atom stereocenters. The van der Waals surface area contributed by atoms with Gasteiger partial charge in [-0.15, -0.1) is 0 Å². The Morgan fingerprint density at radius 3 is 2.20 bits per heavy atom. The van der Waals surface area contributed by atoms with Crippen LogP contribution in [0.15, 0.2) is 66.7 Å². The van der Waals surface area contributed by atoms with Crippen LogP contribution in [0, 0.1) is 0 Å². The first-order valence-corrected chi connectivity index (χ1v) is 11.2. The number of benzene rings is 3. The van der Waals surface area contributed by atoms with E-state index in [9.17, 15) is 14.4 Å². The summed E-state index contributed by atoms with van der Waals surface area (Å²) < 4.78 is 10.8. The lowest BCUT2D eigenvalue weighted by molar-refractivity contribution is -0.137. The molecule has 8 nitrogen and oxygen atoms in total. The van der Waals surface area contributed by atoms with Crippen molar-refractivity contribution in [3.05, 3.63) is 83.4 Å². The molecule has 3 aromatic carbocycles. The quantitative estimate of drug-likeness (QED) is 0.438. The van der Waals surface area contributed by atoms with Gasteiger partial charge in [-0.2, -0.15) is 0 Å². The third-order valence-corrected chi connectivity index (χ3v) is 5.91. The molecule has 180 valence electrons. The van der Waals surface area contributed by atoms with Crippen molar-refractivity contribution < 1.29 is 29.0 Å². The molecule has 1 aliphatic carbocycles. The third kappa shape index (κ3) is 5.27. The molecular formula is C27H26N2O6. The van der Waals surface area contributed by atoms with Crippen LogP contribution in [0.1, 0.15) is 40.7 Å². The molecule has 3 aromatic rings. The van der Waals surface area contributed by atoms with Crippen molar-refractivity contribution in [2.24, 2.45) is 0 Å². The van der Waals surface area contributed by atoms with Crippen LogP contribution in [0.2, 0.25) is 0 Å². The second-order valence-corrected chi connectivity index (χ2v) is 8.33. The Labute approximate surface area is 202 Å². The Morgan fingerprint density at radius 1 is 0.971 bits per heavy atom. The summed E-state index contributed by atoms with van der Waals surface area (Å²) in [5.41, 5.74) is 4.79. The summed E-state index contributed by atoms with van der Waals surface area (Å²) >= 11 is 0. The maximum atomic E-state index is 12.8. The molecule has 0 aromatic heterocycles. The zero-order valence-corrected chi connectivity index (χ0v) is 19.4. The zero-order chi connectivity index (χ0) is 24.9. The minimum Gasteiger partial charge on any atom is -0.497 e. The fraction of sp³-hybridized carbons (Fsp3) is 0.222. The molecule has 0 bridgehead atoms. The molecule has 0 fully saturated rings. The van der Waals surface area contributed by atoms with E-state index in [1.165, 1.54) is 19.2 Å². The van der Waals surface area contributed by atoms with Crippen LogP contribution in [-0.4, -0.2) is 42.8 Å². The van der Waals surface area contributed by atoms with E-state index in [4.69, 9.17) is 14.6 Å². The summed E-state index contributed by atoms with van der Waals surface area (Å²) in [6.45, 7) is 1.72. The molecule has 0 heterocycles. The number of hydrogen-bond acceptors (Lipinski definition) is 5. The zero-order valence-electron chi connectivity index (χ0n) is 19.4. The summed E-state index contributed by atoms with van der Waals surface area (Å²) in [6, 6.07) is 20.1. The minimum absolute atomic E-state index is 0.0990. The van der Waals surface area contributed by atoms with E-state index in [2.05, 4.69) is 22.8 Å². The van der Waals surface area contributed by atoms with Gasteiger partial charge in [0.1, 0.15) is 12.4 Å². The van der Waals surface area contributed by atoms with Crippen LogP contribution in [0.5, 0.6) is 5.75 Å². The maximum Gasteiger partial charge on any atom is 0.411 e. The second-order valence-electron chi connectivity index (χ2n) is 8.33. The highest BCUT2D eigenvalue weighted by molar-refractivity contribution is 6.03. The Hall–Kier alpha value is -4.33. The highest BCUT2D eigenvalue weighted by Gasteiger charge is 2.29. The van der Waals surface area contributed by atoms with Gasteiger partial charge in [-0.3, -0.25) is 14.9 Å². The Bertz CT molecular complexity index is 1230. The van der Waals surface area contributed by atoms with Gasteiger partial charge >= 0.3 is 12.1 Å². The van der Waals surface area contributed by atoms with Crippen LogP contribution < -0.4 is 15.4 Å². The van der Waals surface area contributed by atoms with Crippen LogP contribution in [-0.2, 0) is 9.53 Å². The SMILES string of the molecule is COc1ccc(C(=O)N[C@H](C)CC(=O)O)c(NC(=O)OCC2c3ccccc3-c3ccccc32)c1. The molecule has 4 rings (SSSR count). The van der Waals surface area contributed by atoms with Gasteiger partial charge in [0, 0.05) is 18.0 Å². The summed E-state index contributed by atoms with van der Waals surface area (Å²) in [5.74, 6) is -1.20. The van der Waals surface area contributed by atoms with Gasteiger partial charge in [-0.05, 0) is 41.3 Å². The van der Waals surface area contributed by atoms with Gasteiger partial charge in [0.25, 0.3) is 5.91 Å². The number of anilines is 1. The Morgan fingerprint density at radius 2 is 1.60 bits per heavy atom. The van der Waals surface area contributed by atoms with Gasteiger partial charge in [0.15, 0.2) is 0 Å². The molecule has 0 radical (unpaired) electrons. The Balaban J connectivity index is 1.48. The average Bonchev–Trinajstić information content (AvgIpc) is 3.15. The first-order valence-electron chi connectivity index (χ1n) is 11.2. The number of amides is 2. The van der Waals surface area contributed by atoms with Crippen LogP contribution in [0.3, 0.4) is 0 Å². The first-order chi connectivity index (χ1) is 16.9. The van der Waals surface area contributed by atoms with Crippen LogP contribution in [0.4, 0.5) is 10.5 Å². The van der Waals surface area contributed by atoms with Gasteiger partial charge in [0.2, 0.25) is 0 Å². The molecule has 0 unspecified atom stereocenters. The molecule has 0 saturated carbocycles. The molecule has 8 heteroatoms. The second kappa shape index (κ2) is 10.3. The van der Waals surface area contributed by atoms with Gasteiger partial charge < -0.3 is 19.9 Å². The third-order valence-electron chi connectivity index (χ3n) is 5.91. The number of aliphatic carboxylic acids is 1. The lowest BCUT2D eigenvalue weighted by Crippen LogP contribution is -2.34. The van der Waals surface area contributed by atoms with Crippen molar-refractivity contribution in [1.82, 2.24) is 5.32 Å². The number of carbonyl (C=O) groups excluding carboxylic acids is 2. The molecule has 0 aliphatic heterocycles. The molecule has 1 aliphatic rings. The number of hydrogen-bond donors (Lipinski definition) is 3. The normalized spacial score (nSPS) is 12.7. The van der Waals surface area contributed by atoms with Crippen molar-refractivity contribution in [2.75, 3.05) is 19.0 Å². The van der Waals surface area contributed by atoms with Crippen molar-refractivity contribution >= 4 is 23.7 Å². The predicted molar refractivity (Wildman–Crippen MR) is 131 cm³/mol. The smallest absolute Gasteiger partial charge is 0.411 e. The summed E-state index contributed by atoms with van der Waals surface area (Å²) in [4.78, 5) is 36.4. The lowest BCUT2D eigenvalue weighted by atomic mass is 9.98. The lowest BCUT2D eigenvalue weighted by Gasteiger charge is -2.17. The molecule has 0 spiro atoms. The standard InChI is InChI=1S/C27H26N2O6/c1-16(13-25(30)31)28-26(32)22-12-11-17(34-2)14-24(22)29-27(33)35-15-23-20-9-5-3-7-18(20)19-8-4-6-10-21(19)23/h3-12,14,16,23H,13,15H2,1-2H3,(H,28,32)(H,29,33)(H,30,31)/t16-/m1/s1. The molecule has 0 saturated heterocycles. The molecule has 3 N–H and O–H groups in total. The van der Waals surface area contributed by atoms with E-state index >= 15 is 0 Å². The van der Waals surface area contributed by atoms with Crippen LogP contribution in [0.25, 0.3) is 11.1 Å². The number of rotatable bonds is 8. The summed E-state index contributed by atoms with van der Waals surface area (Å²) in [6.07, 6.45) is -0.940. The van der Waals surface area contributed by atoms with E-state index in [1.807, 2.05) is 36.4 Å². The fourth-order valence-electron chi connectivity index (χ4n) is 4.31. The van der Waals surface area contributed by atoms with E-state index in [0.29, 0.717) is 5.75 Å². The Kier molecular flexibility index (Phi) is 7.01. The van der Waals surface area contributed by atoms with E-state index in [-0.39, 0.29) is 30.2 Å². The summed E-state index contributed by atoms with van der Waals surface area (Å²) in [7, 11) is 1.47. The number of ether oxygens (including phenoxy) is 2. The fourth-order valence-corrected chi connectivity index (χ4v) is 4.31. The number of fused-ring (bicyclic) bond motifs is 3. The number of nitrogens with one attached hydrogen (secondary N) is 2. The highest BCUT2D eigenvalue weighted by Crippen LogP contribution is 2.44. The van der Waals surface area contributed by atoms with E-state index in [1.54, 1.807) is 13.0 Å². The molecule has 35 heavy (non-hydrogen) atoms. The van der Waals surface area contributed by atoms with Crippen molar-refractivity contribution in [2.45, 2.75) is 25.3 Å². The van der Waals surface area contributed by atoms with Crippen molar-refractivity contribution in [3.8, 4) is 16.9 Å². The monoisotopic (exact) mass is 474 g/mol. The minimum atomic E-state index is -1.02. The first kappa shape index (κ1) is 23.8. The highest BCUT2D eigenvalue weighted by atomic mass is 16.5. The topological polar surface area (TPSA) is 114 Å². The molecular weight excluding hydrogens is 448 g/mol. The van der Waals surface area contributed by atoms with Crippen LogP contribution >= 0.6 is 0 Å². The predicted octanol–water partition coefficient (Wildman–Crippen LogP) is 4.65. The summed E-state index contributed by atoms with van der Waals surface area (Å²) in [5, 5.41) is 14.2. The number of carboxylic acid groups (broad SMARTS) is 1. The maximum absolute atomic E-state index is 12.8. The van der Waals surface area contributed by atoms with Crippen molar-refractivity contribution in [3.63, 3.8) is 0 Å². The number of methoxy groups -OCH3 is 1. The molecule has 2 amide bonds. The van der Waals surface area contributed by atoms with E-state index in [0.717, 1.165) is 22.3 Å². The van der Waals surface area contributed by atoms with Gasteiger partial charge in [-0.25, -0.2) is 4.79 Å². The van der Waals surface area contributed by atoms with E-state index < -0.39 is 24.0 Å². The largest absolute Gasteiger partial charge is 0.497 e. The van der Waals surface area contributed by atoms with Crippen molar-refractivity contribution in [1.29, 1.82) is 0 Å². The number of carboxylic acids is 1. The van der Waals surface area contributed by atoms with Gasteiger partial charge in [0.05, 0.1) is 24.8 Å². The number of carbonyl (C=O) groups is 3. The average molecular weight is 475 g/mol. The van der Waals surface area contributed by atoms with Gasteiger partial charge in [-0.1, -0.05) is 48.5 Å².